The van der Waals surface area contributed by atoms with Gasteiger partial charge in [-0.15, -0.1) is 11.3 Å². The van der Waals surface area contributed by atoms with Gasteiger partial charge < -0.3 is 5.73 Å². The predicted octanol–water partition coefficient (Wildman–Crippen LogP) is 3.55. The van der Waals surface area contributed by atoms with Crippen LogP contribution in [0.1, 0.15) is 0 Å². The number of para-hydroxylation sites is 1. The number of nitrogen functional groups attached to an aromatic ring is 1. The van der Waals surface area contributed by atoms with Crippen LogP contribution in [0.4, 0.5) is 5.69 Å². The Labute approximate surface area is 97.4 Å². The largest absolute Gasteiger partial charge is 0.397 e. The van der Waals surface area contributed by atoms with Crippen molar-refractivity contribution in [1.82, 2.24) is 4.98 Å². The molecule has 3 aromatic rings. The maximum absolute atomic E-state index is 5.92. The van der Waals surface area contributed by atoms with Crippen molar-refractivity contribution < 1.29 is 0 Å². The highest BCUT2D eigenvalue weighted by atomic mass is 32.1. The smallest absolute Gasteiger partial charge is 0.0938 e. The molecule has 0 saturated carbocycles. The number of aromatic nitrogens is 1. The van der Waals surface area contributed by atoms with E-state index < -0.39 is 0 Å². The molecule has 0 radical (unpaired) electrons. The average Bonchev–Trinajstić information content (AvgIpc) is 2.83. The first-order valence-electron chi connectivity index (χ1n) is 5.04. The summed E-state index contributed by atoms with van der Waals surface area (Å²) in [5, 5.41) is 3.13. The van der Waals surface area contributed by atoms with Crippen LogP contribution >= 0.6 is 11.3 Å². The summed E-state index contributed by atoms with van der Waals surface area (Å²) in [6.07, 6.45) is 0. The number of rotatable bonds is 1. The van der Waals surface area contributed by atoms with E-state index in [1.54, 1.807) is 11.3 Å². The minimum absolute atomic E-state index is 0.732. The van der Waals surface area contributed by atoms with Gasteiger partial charge in [-0.05, 0) is 23.6 Å². The summed E-state index contributed by atoms with van der Waals surface area (Å²) in [7, 11) is 0. The van der Waals surface area contributed by atoms with E-state index in [2.05, 4.69) is 22.5 Å². The van der Waals surface area contributed by atoms with Crippen LogP contribution in [0.2, 0.25) is 0 Å². The van der Waals surface area contributed by atoms with Gasteiger partial charge in [0.15, 0.2) is 0 Å². The Morgan fingerprint density at radius 1 is 1.00 bits per heavy atom. The Hall–Kier alpha value is -1.87. The summed E-state index contributed by atoms with van der Waals surface area (Å²) in [4.78, 5) is 5.77. The number of fused-ring (bicyclic) bond motifs is 1. The fourth-order valence-electron chi connectivity index (χ4n) is 1.73. The van der Waals surface area contributed by atoms with E-state index in [1.165, 1.54) is 4.88 Å². The number of nitrogens with zero attached hydrogens (tertiary/aromatic N) is 1. The van der Waals surface area contributed by atoms with Crippen LogP contribution in [-0.4, -0.2) is 4.98 Å². The lowest BCUT2D eigenvalue weighted by Crippen LogP contribution is -1.90. The van der Waals surface area contributed by atoms with Crippen molar-refractivity contribution in [3.8, 4) is 10.6 Å². The van der Waals surface area contributed by atoms with Gasteiger partial charge in [-0.2, -0.15) is 0 Å². The highest BCUT2D eigenvalue weighted by Gasteiger charge is 2.03. The second-order valence-corrected chi connectivity index (χ2v) is 4.54. The fourth-order valence-corrected chi connectivity index (χ4v) is 2.43. The standard InChI is InChI=1S/C13H10N2S/c14-10-4-1-3-9-6-7-11(15-13(9)10)12-5-2-8-16-12/h1-8H,14H2. The zero-order valence-corrected chi connectivity index (χ0v) is 9.37. The Morgan fingerprint density at radius 3 is 2.75 bits per heavy atom. The molecule has 16 heavy (non-hydrogen) atoms. The van der Waals surface area contributed by atoms with Crippen LogP contribution in [0, 0.1) is 0 Å². The normalized spacial score (nSPS) is 10.8. The highest BCUT2D eigenvalue weighted by Crippen LogP contribution is 2.26. The third-order valence-corrected chi connectivity index (χ3v) is 3.42. The van der Waals surface area contributed by atoms with E-state index >= 15 is 0 Å². The van der Waals surface area contributed by atoms with Crippen LogP contribution in [0.3, 0.4) is 0 Å². The number of benzene rings is 1. The topological polar surface area (TPSA) is 38.9 Å². The molecule has 0 aliphatic carbocycles. The van der Waals surface area contributed by atoms with Crippen molar-refractivity contribution in [3.63, 3.8) is 0 Å². The predicted molar refractivity (Wildman–Crippen MR) is 69.5 cm³/mol. The Balaban J connectivity index is 2.27. The van der Waals surface area contributed by atoms with Crippen LogP contribution in [0.5, 0.6) is 0 Å². The second kappa shape index (κ2) is 3.61. The van der Waals surface area contributed by atoms with Gasteiger partial charge in [0.1, 0.15) is 0 Å². The van der Waals surface area contributed by atoms with Gasteiger partial charge in [0.25, 0.3) is 0 Å². The first-order chi connectivity index (χ1) is 7.84. The van der Waals surface area contributed by atoms with E-state index in [-0.39, 0.29) is 0 Å². The monoisotopic (exact) mass is 226 g/mol. The summed E-state index contributed by atoms with van der Waals surface area (Å²) < 4.78 is 0. The lowest BCUT2D eigenvalue weighted by molar-refractivity contribution is 1.42. The van der Waals surface area contributed by atoms with Crippen molar-refractivity contribution in [3.05, 3.63) is 47.8 Å². The van der Waals surface area contributed by atoms with E-state index in [4.69, 9.17) is 5.73 Å². The van der Waals surface area contributed by atoms with Gasteiger partial charge in [0.05, 0.1) is 21.8 Å². The molecule has 2 heterocycles. The van der Waals surface area contributed by atoms with Gasteiger partial charge in [-0.3, -0.25) is 0 Å². The van der Waals surface area contributed by atoms with Crippen molar-refractivity contribution in [2.75, 3.05) is 5.73 Å². The van der Waals surface area contributed by atoms with Crippen LogP contribution in [0.15, 0.2) is 47.8 Å². The number of hydrogen-bond acceptors (Lipinski definition) is 3. The summed E-state index contributed by atoms with van der Waals surface area (Å²) in [5.41, 5.74) is 8.52. The van der Waals surface area contributed by atoms with Crippen molar-refractivity contribution >= 4 is 27.9 Å². The molecule has 0 spiro atoms. The first kappa shape index (κ1) is 9.36. The number of pyridine rings is 1. The molecule has 0 aliphatic heterocycles. The quantitative estimate of drug-likeness (QED) is 0.644. The van der Waals surface area contributed by atoms with E-state index in [0.717, 1.165) is 22.3 Å². The van der Waals surface area contributed by atoms with Gasteiger partial charge in [0.2, 0.25) is 0 Å². The first-order valence-corrected chi connectivity index (χ1v) is 5.92. The molecule has 0 amide bonds. The maximum Gasteiger partial charge on any atom is 0.0938 e. The highest BCUT2D eigenvalue weighted by molar-refractivity contribution is 7.13. The Kier molecular flexibility index (Phi) is 2.11. The molecule has 2 nitrogen and oxygen atoms in total. The lowest BCUT2D eigenvalue weighted by atomic mass is 10.1. The molecule has 2 N–H and O–H groups in total. The summed E-state index contributed by atoms with van der Waals surface area (Å²) in [6.45, 7) is 0. The number of thiophene rings is 1. The average molecular weight is 226 g/mol. The van der Waals surface area contributed by atoms with Crippen LogP contribution in [-0.2, 0) is 0 Å². The molecular weight excluding hydrogens is 216 g/mol. The minimum Gasteiger partial charge on any atom is -0.397 e. The summed E-state index contributed by atoms with van der Waals surface area (Å²) in [5.74, 6) is 0. The molecule has 0 atom stereocenters. The maximum atomic E-state index is 5.92. The summed E-state index contributed by atoms with van der Waals surface area (Å²) in [6, 6.07) is 14.0. The molecule has 3 rings (SSSR count). The van der Waals surface area contributed by atoms with Crippen molar-refractivity contribution in [2.45, 2.75) is 0 Å². The Morgan fingerprint density at radius 2 is 1.94 bits per heavy atom. The second-order valence-electron chi connectivity index (χ2n) is 3.59. The van der Waals surface area contributed by atoms with Gasteiger partial charge >= 0.3 is 0 Å². The van der Waals surface area contributed by atoms with Crippen molar-refractivity contribution in [2.24, 2.45) is 0 Å². The number of nitrogens with two attached hydrogens (primary N) is 1. The molecule has 3 heteroatoms. The SMILES string of the molecule is Nc1cccc2ccc(-c3cccs3)nc12. The number of hydrogen-bond donors (Lipinski definition) is 1. The van der Waals surface area contributed by atoms with E-state index in [9.17, 15) is 0 Å². The lowest BCUT2D eigenvalue weighted by Gasteiger charge is -2.03. The molecule has 0 fully saturated rings. The molecular formula is C13H10N2S. The van der Waals surface area contributed by atoms with Crippen LogP contribution in [0.25, 0.3) is 21.5 Å². The third-order valence-electron chi connectivity index (χ3n) is 2.53. The van der Waals surface area contributed by atoms with Crippen molar-refractivity contribution in [1.29, 1.82) is 0 Å². The zero-order valence-electron chi connectivity index (χ0n) is 8.55. The molecule has 0 aliphatic rings. The Bertz CT molecular complexity index is 629. The molecule has 0 bridgehead atoms. The fraction of sp³-hybridized carbons (Fsp3) is 0. The van der Waals surface area contributed by atoms with Gasteiger partial charge in [-0.1, -0.05) is 24.3 Å². The molecule has 78 valence electrons. The van der Waals surface area contributed by atoms with E-state index in [1.807, 2.05) is 30.3 Å². The van der Waals surface area contributed by atoms with Gasteiger partial charge in [0, 0.05) is 5.39 Å². The molecule has 1 aromatic carbocycles. The molecule has 2 aromatic heterocycles. The van der Waals surface area contributed by atoms with Crippen LogP contribution < -0.4 is 5.73 Å². The molecule has 0 unspecified atom stereocenters. The summed E-state index contributed by atoms with van der Waals surface area (Å²) >= 11 is 1.69. The number of anilines is 1. The third kappa shape index (κ3) is 1.46. The minimum atomic E-state index is 0.732. The zero-order chi connectivity index (χ0) is 11.0. The van der Waals surface area contributed by atoms with E-state index in [0.29, 0.717) is 0 Å². The van der Waals surface area contributed by atoms with Gasteiger partial charge in [-0.25, -0.2) is 4.98 Å². The molecule has 0 saturated heterocycles.